The van der Waals surface area contributed by atoms with Crippen LogP contribution in [0, 0.1) is 10.1 Å². The molecule has 1 saturated carbocycles. The number of rotatable bonds is 8. The highest BCUT2D eigenvalue weighted by molar-refractivity contribution is 5.58. The van der Waals surface area contributed by atoms with Crippen molar-refractivity contribution in [2.24, 2.45) is 0 Å². The largest absolute Gasteiger partial charge is 0.338 e. The molecule has 1 aliphatic carbocycles. The molecule has 2 aromatic carbocycles. The van der Waals surface area contributed by atoms with Gasteiger partial charge >= 0.3 is 0 Å². The van der Waals surface area contributed by atoms with Gasteiger partial charge in [0.2, 0.25) is 11.7 Å². The van der Waals surface area contributed by atoms with E-state index in [9.17, 15) is 10.1 Å². The first-order valence-corrected chi connectivity index (χ1v) is 9.90. The molecule has 4 rings (SSSR count). The van der Waals surface area contributed by atoms with Crippen molar-refractivity contribution in [2.75, 3.05) is 0 Å². The lowest BCUT2D eigenvalue weighted by Gasteiger charge is -2.20. The number of non-ortho nitro benzene ring substituents is 1. The first-order chi connectivity index (χ1) is 14.0. The fraction of sp³-hybridized carbons (Fsp3) is 0.364. The van der Waals surface area contributed by atoms with E-state index in [2.05, 4.69) is 53.2 Å². The number of nitrogens with zero attached hydrogens (tertiary/aromatic N) is 4. The van der Waals surface area contributed by atoms with Crippen LogP contribution in [-0.2, 0) is 13.1 Å². The molecule has 0 atom stereocenters. The van der Waals surface area contributed by atoms with Gasteiger partial charge in [-0.2, -0.15) is 4.98 Å². The van der Waals surface area contributed by atoms with Crippen molar-refractivity contribution in [3.63, 3.8) is 0 Å². The lowest BCUT2D eigenvalue weighted by molar-refractivity contribution is -0.384. The molecule has 0 N–H and O–H groups in total. The van der Waals surface area contributed by atoms with Crippen molar-refractivity contribution in [1.29, 1.82) is 0 Å². The SMILES string of the molecule is CC(C)c1ccc(CN(Cc2nc(-c3cccc([N+](=O)[O-])c3)no2)C2CC2)cc1. The molecule has 0 radical (unpaired) electrons. The van der Waals surface area contributed by atoms with Gasteiger partial charge in [0, 0.05) is 30.3 Å². The van der Waals surface area contributed by atoms with Crippen LogP contribution in [0.2, 0.25) is 0 Å². The number of hydrogen-bond acceptors (Lipinski definition) is 6. The maximum atomic E-state index is 11.0. The molecule has 0 unspecified atom stereocenters. The Labute approximate surface area is 169 Å². The van der Waals surface area contributed by atoms with Gasteiger partial charge in [-0.25, -0.2) is 0 Å². The molecule has 7 heteroatoms. The van der Waals surface area contributed by atoms with Crippen LogP contribution < -0.4 is 0 Å². The number of benzene rings is 2. The van der Waals surface area contributed by atoms with Crippen LogP contribution in [0.15, 0.2) is 53.1 Å². The Balaban J connectivity index is 1.47. The molecule has 150 valence electrons. The van der Waals surface area contributed by atoms with E-state index >= 15 is 0 Å². The van der Waals surface area contributed by atoms with Crippen molar-refractivity contribution < 1.29 is 9.45 Å². The van der Waals surface area contributed by atoms with Gasteiger partial charge in [0.05, 0.1) is 11.5 Å². The van der Waals surface area contributed by atoms with E-state index in [0.717, 1.165) is 6.54 Å². The Morgan fingerprint density at radius 3 is 2.59 bits per heavy atom. The van der Waals surface area contributed by atoms with Crippen LogP contribution >= 0.6 is 0 Å². The number of hydrogen-bond donors (Lipinski definition) is 0. The van der Waals surface area contributed by atoms with Crippen LogP contribution in [0.4, 0.5) is 5.69 Å². The molecule has 0 bridgehead atoms. The fourth-order valence-electron chi connectivity index (χ4n) is 3.36. The monoisotopic (exact) mass is 392 g/mol. The minimum atomic E-state index is -0.427. The van der Waals surface area contributed by atoms with Crippen molar-refractivity contribution in [1.82, 2.24) is 15.0 Å². The van der Waals surface area contributed by atoms with Gasteiger partial charge in [-0.3, -0.25) is 15.0 Å². The Morgan fingerprint density at radius 1 is 1.17 bits per heavy atom. The van der Waals surface area contributed by atoms with Gasteiger partial charge in [-0.1, -0.05) is 55.4 Å². The Morgan fingerprint density at radius 2 is 1.93 bits per heavy atom. The maximum absolute atomic E-state index is 11.0. The summed E-state index contributed by atoms with van der Waals surface area (Å²) in [4.78, 5) is 17.4. The first-order valence-electron chi connectivity index (χ1n) is 9.90. The van der Waals surface area contributed by atoms with E-state index in [1.165, 1.54) is 36.1 Å². The molecule has 0 amide bonds. The zero-order chi connectivity index (χ0) is 20.4. The highest BCUT2D eigenvalue weighted by atomic mass is 16.6. The van der Waals surface area contributed by atoms with E-state index in [1.54, 1.807) is 12.1 Å². The second-order valence-electron chi connectivity index (χ2n) is 7.85. The highest BCUT2D eigenvalue weighted by Gasteiger charge is 2.30. The van der Waals surface area contributed by atoms with Crippen LogP contribution in [0.25, 0.3) is 11.4 Å². The summed E-state index contributed by atoms with van der Waals surface area (Å²) in [5.74, 6) is 1.42. The minimum Gasteiger partial charge on any atom is -0.338 e. The third-order valence-corrected chi connectivity index (χ3v) is 5.22. The molecular weight excluding hydrogens is 368 g/mol. The summed E-state index contributed by atoms with van der Waals surface area (Å²) in [6.07, 6.45) is 2.35. The zero-order valence-electron chi connectivity index (χ0n) is 16.6. The summed E-state index contributed by atoms with van der Waals surface area (Å²) in [6, 6.07) is 15.6. The van der Waals surface area contributed by atoms with Crippen LogP contribution in [0.3, 0.4) is 0 Å². The molecule has 0 aliphatic heterocycles. The molecule has 0 saturated heterocycles. The molecule has 0 spiro atoms. The predicted octanol–water partition coefficient (Wildman–Crippen LogP) is 4.93. The van der Waals surface area contributed by atoms with E-state index < -0.39 is 4.92 Å². The zero-order valence-corrected chi connectivity index (χ0v) is 16.6. The highest BCUT2D eigenvalue weighted by Crippen LogP contribution is 2.30. The van der Waals surface area contributed by atoms with E-state index in [-0.39, 0.29) is 5.69 Å². The standard InChI is InChI=1S/C22H24N4O3/c1-15(2)17-8-6-16(7-9-17)13-25(19-10-11-19)14-21-23-22(24-29-21)18-4-3-5-20(12-18)26(27)28/h3-9,12,15,19H,10-11,13-14H2,1-2H3. The quantitative estimate of drug-likeness (QED) is 0.399. The molecule has 7 nitrogen and oxygen atoms in total. The molecule has 1 heterocycles. The van der Waals surface area contributed by atoms with Crippen LogP contribution in [0.1, 0.15) is 49.6 Å². The van der Waals surface area contributed by atoms with Crippen LogP contribution in [0.5, 0.6) is 0 Å². The topological polar surface area (TPSA) is 85.3 Å². The van der Waals surface area contributed by atoms with Gasteiger partial charge in [0.25, 0.3) is 5.69 Å². The molecule has 1 fully saturated rings. The third kappa shape index (κ3) is 4.68. The van der Waals surface area contributed by atoms with Gasteiger partial charge in [0.15, 0.2) is 0 Å². The average Bonchev–Trinajstić information content (AvgIpc) is 3.47. The Hall–Kier alpha value is -3.06. The molecule has 1 aliphatic rings. The third-order valence-electron chi connectivity index (χ3n) is 5.22. The van der Waals surface area contributed by atoms with Crippen molar-refractivity contribution >= 4 is 5.69 Å². The predicted molar refractivity (Wildman–Crippen MR) is 109 cm³/mol. The number of nitro groups is 1. The summed E-state index contributed by atoms with van der Waals surface area (Å²) in [6.45, 7) is 5.79. The van der Waals surface area contributed by atoms with E-state index in [4.69, 9.17) is 4.52 Å². The first kappa shape index (κ1) is 19.3. The lowest BCUT2D eigenvalue weighted by atomic mass is 10.0. The van der Waals surface area contributed by atoms with Crippen molar-refractivity contribution in [2.45, 2.75) is 51.7 Å². The smallest absolute Gasteiger partial charge is 0.270 e. The Bertz CT molecular complexity index is 993. The molecular formula is C22H24N4O3. The maximum Gasteiger partial charge on any atom is 0.270 e. The second-order valence-corrected chi connectivity index (χ2v) is 7.85. The molecule has 29 heavy (non-hydrogen) atoms. The summed E-state index contributed by atoms with van der Waals surface area (Å²) in [5, 5.41) is 15.0. The summed E-state index contributed by atoms with van der Waals surface area (Å²) < 4.78 is 5.44. The van der Waals surface area contributed by atoms with Crippen LogP contribution in [-0.4, -0.2) is 26.0 Å². The van der Waals surface area contributed by atoms with Crippen molar-refractivity contribution in [3.05, 3.63) is 75.7 Å². The Kier molecular flexibility index (Phi) is 5.40. The van der Waals surface area contributed by atoms with Gasteiger partial charge in [-0.15, -0.1) is 0 Å². The van der Waals surface area contributed by atoms with Crippen molar-refractivity contribution in [3.8, 4) is 11.4 Å². The van der Waals surface area contributed by atoms with E-state index in [0.29, 0.717) is 35.8 Å². The fourth-order valence-corrected chi connectivity index (χ4v) is 3.36. The normalized spacial score (nSPS) is 13.9. The second kappa shape index (κ2) is 8.13. The average molecular weight is 392 g/mol. The van der Waals surface area contributed by atoms with Gasteiger partial charge < -0.3 is 4.52 Å². The summed E-state index contributed by atoms with van der Waals surface area (Å²) in [5.41, 5.74) is 3.19. The summed E-state index contributed by atoms with van der Waals surface area (Å²) >= 11 is 0. The minimum absolute atomic E-state index is 0.0123. The van der Waals surface area contributed by atoms with Gasteiger partial charge in [-0.05, 0) is 29.9 Å². The van der Waals surface area contributed by atoms with Gasteiger partial charge in [0.1, 0.15) is 0 Å². The van der Waals surface area contributed by atoms with E-state index in [1.807, 2.05) is 0 Å². The molecule has 1 aromatic heterocycles. The summed E-state index contributed by atoms with van der Waals surface area (Å²) in [7, 11) is 0. The molecule has 3 aromatic rings. The lowest BCUT2D eigenvalue weighted by Crippen LogP contribution is -2.25. The number of nitro benzene ring substituents is 1. The number of aromatic nitrogens is 2.